The number of hydrogen-bond acceptors (Lipinski definition) is 3. The molecule has 0 bridgehead atoms. The number of furan rings is 1. The van der Waals surface area contributed by atoms with Crippen LogP contribution >= 0.6 is 0 Å². The van der Waals surface area contributed by atoms with E-state index in [4.69, 9.17) is 15.3 Å². The van der Waals surface area contributed by atoms with E-state index in [9.17, 15) is 4.79 Å². The Labute approximate surface area is 82.7 Å². The molecular formula is C10H15NO3. The third kappa shape index (κ3) is 3.22. The van der Waals surface area contributed by atoms with E-state index >= 15 is 0 Å². The molecule has 0 aliphatic heterocycles. The van der Waals surface area contributed by atoms with Crippen molar-refractivity contribution in [3.05, 3.63) is 24.2 Å². The molecule has 0 aliphatic rings. The van der Waals surface area contributed by atoms with Crippen LogP contribution < -0.4 is 5.73 Å². The highest BCUT2D eigenvalue weighted by Crippen LogP contribution is 2.13. The fourth-order valence-corrected chi connectivity index (χ4v) is 1.39. The van der Waals surface area contributed by atoms with Crippen molar-refractivity contribution in [2.75, 3.05) is 0 Å². The van der Waals surface area contributed by atoms with Crippen LogP contribution in [0.5, 0.6) is 0 Å². The smallest absolute Gasteiger partial charge is 0.320 e. The van der Waals surface area contributed by atoms with Crippen molar-refractivity contribution in [2.24, 2.45) is 11.7 Å². The first-order chi connectivity index (χ1) is 6.59. The normalized spacial score (nSPS) is 15.0. The zero-order chi connectivity index (χ0) is 10.6. The summed E-state index contributed by atoms with van der Waals surface area (Å²) in [6.07, 6.45) is 2.81. The predicted octanol–water partition coefficient (Wildman–Crippen LogP) is 1.26. The first-order valence-corrected chi connectivity index (χ1v) is 4.60. The maximum Gasteiger partial charge on any atom is 0.320 e. The maximum atomic E-state index is 10.5. The van der Waals surface area contributed by atoms with Crippen molar-refractivity contribution < 1.29 is 14.3 Å². The quantitative estimate of drug-likeness (QED) is 0.745. The SMILES string of the molecule is CC(Cc1ccco1)CC(N)C(=O)O. The fourth-order valence-electron chi connectivity index (χ4n) is 1.39. The summed E-state index contributed by atoms with van der Waals surface area (Å²) in [6.45, 7) is 1.96. The van der Waals surface area contributed by atoms with Gasteiger partial charge in [0.05, 0.1) is 6.26 Å². The Kier molecular flexibility index (Phi) is 3.71. The second-order valence-corrected chi connectivity index (χ2v) is 3.57. The van der Waals surface area contributed by atoms with E-state index in [1.807, 2.05) is 19.1 Å². The lowest BCUT2D eigenvalue weighted by molar-refractivity contribution is -0.138. The second kappa shape index (κ2) is 4.81. The highest BCUT2D eigenvalue weighted by Gasteiger charge is 2.16. The molecule has 1 aromatic rings. The third-order valence-corrected chi connectivity index (χ3v) is 2.10. The molecule has 1 rings (SSSR count). The molecule has 78 valence electrons. The minimum Gasteiger partial charge on any atom is -0.480 e. The van der Waals surface area contributed by atoms with Gasteiger partial charge in [-0.3, -0.25) is 4.79 Å². The summed E-state index contributed by atoms with van der Waals surface area (Å²) in [5, 5.41) is 8.61. The molecule has 2 unspecified atom stereocenters. The molecule has 0 radical (unpaired) electrons. The van der Waals surface area contributed by atoms with Gasteiger partial charge in [-0.15, -0.1) is 0 Å². The van der Waals surface area contributed by atoms with Crippen LogP contribution in [0, 0.1) is 5.92 Å². The van der Waals surface area contributed by atoms with Crippen LogP contribution in [-0.4, -0.2) is 17.1 Å². The molecule has 0 aromatic carbocycles. The van der Waals surface area contributed by atoms with Crippen LogP contribution in [0.3, 0.4) is 0 Å². The van der Waals surface area contributed by atoms with Crippen LogP contribution in [0.15, 0.2) is 22.8 Å². The van der Waals surface area contributed by atoms with Crippen LogP contribution in [0.25, 0.3) is 0 Å². The van der Waals surface area contributed by atoms with Crippen molar-refractivity contribution in [1.82, 2.24) is 0 Å². The van der Waals surface area contributed by atoms with Crippen molar-refractivity contribution in [1.29, 1.82) is 0 Å². The van der Waals surface area contributed by atoms with Gasteiger partial charge in [0.25, 0.3) is 0 Å². The van der Waals surface area contributed by atoms with Gasteiger partial charge in [-0.1, -0.05) is 6.92 Å². The molecule has 0 saturated heterocycles. The molecular weight excluding hydrogens is 182 g/mol. The Balaban J connectivity index is 2.36. The monoisotopic (exact) mass is 197 g/mol. The van der Waals surface area contributed by atoms with Crippen molar-refractivity contribution in [3.63, 3.8) is 0 Å². The van der Waals surface area contributed by atoms with Gasteiger partial charge in [0.15, 0.2) is 0 Å². The van der Waals surface area contributed by atoms with E-state index in [0.717, 1.165) is 12.2 Å². The van der Waals surface area contributed by atoms with Crippen LogP contribution in [0.2, 0.25) is 0 Å². The molecule has 14 heavy (non-hydrogen) atoms. The summed E-state index contributed by atoms with van der Waals surface area (Å²) in [6, 6.07) is 2.92. The number of carboxylic acid groups (broad SMARTS) is 1. The Morgan fingerprint density at radius 2 is 2.43 bits per heavy atom. The van der Waals surface area contributed by atoms with Gasteiger partial charge in [0.1, 0.15) is 11.8 Å². The molecule has 1 aromatic heterocycles. The van der Waals surface area contributed by atoms with Gasteiger partial charge >= 0.3 is 5.97 Å². The highest BCUT2D eigenvalue weighted by molar-refractivity contribution is 5.72. The van der Waals surface area contributed by atoms with E-state index in [1.54, 1.807) is 6.26 Å². The average molecular weight is 197 g/mol. The first-order valence-electron chi connectivity index (χ1n) is 4.60. The molecule has 0 saturated carbocycles. The van der Waals surface area contributed by atoms with Crippen LogP contribution in [0.4, 0.5) is 0 Å². The van der Waals surface area contributed by atoms with Crippen molar-refractivity contribution in [3.8, 4) is 0 Å². The van der Waals surface area contributed by atoms with Gasteiger partial charge in [-0.05, 0) is 24.5 Å². The molecule has 0 amide bonds. The standard InChI is InChI=1S/C10H15NO3/c1-7(6-9(11)10(12)13)5-8-3-2-4-14-8/h2-4,7,9H,5-6,11H2,1H3,(H,12,13). The maximum absolute atomic E-state index is 10.5. The van der Waals surface area contributed by atoms with E-state index in [2.05, 4.69) is 0 Å². The van der Waals surface area contributed by atoms with E-state index in [-0.39, 0.29) is 5.92 Å². The summed E-state index contributed by atoms with van der Waals surface area (Å²) < 4.78 is 5.16. The zero-order valence-electron chi connectivity index (χ0n) is 8.14. The highest BCUT2D eigenvalue weighted by atomic mass is 16.4. The number of nitrogens with two attached hydrogens (primary N) is 1. The lowest BCUT2D eigenvalue weighted by Gasteiger charge is -2.12. The summed E-state index contributed by atoms with van der Waals surface area (Å²) in [4.78, 5) is 10.5. The Morgan fingerprint density at radius 3 is 2.93 bits per heavy atom. The van der Waals surface area contributed by atoms with Crippen LogP contribution in [0.1, 0.15) is 19.1 Å². The van der Waals surface area contributed by atoms with E-state index in [0.29, 0.717) is 6.42 Å². The van der Waals surface area contributed by atoms with Crippen LogP contribution in [-0.2, 0) is 11.2 Å². The van der Waals surface area contributed by atoms with E-state index < -0.39 is 12.0 Å². The minimum absolute atomic E-state index is 0.215. The Morgan fingerprint density at radius 1 is 1.71 bits per heavy atom. The summed E-state index contributed by atoms with van der Waals surface area (Å²) >= 11 is 0. The summed E-state index contributed by atoms with van der Waals surface area (Å²) in [5.74, 6) is 0.138. The molecule has 4 heteroatoms. The number of aliphatic carboxylic acids is 1. The second-order valence-electron chi connectivity index (χ2n) is 3.57. The molecule has 2 atom stereocenters. The molecule has 0 aliphatic carbocycles. The molecule has 4 nitrogen and oxygen atoms in total. The summed E-state index contributed by atoms with van der Waals surface area (Å²) in [5.41, 5.74) is 5.42. The predicted molar refractivity (Wildman–Crippen MR) is 51.8 cm³/mol. The number of hydrogen-bond donors (Lipinski definition) is 2. The van der Waals surface area contributed by atoms with Gasteiger partial charge in [0.2, 0.25) is 0 Å². The Bertz CT molecular complexity index is 282. The first kappa shape index (κ1) is 10.8. The fraction of sp³-hybridized carbons (Fsp3) is 0.500. The van der Waals surface area contributed by atoms with Gasteiger partial charge in [-0.25, -0.2) is 0 Å². The molecule has 1 heterocycles. The molecule has 0 fully saturated rings. The van der Waals surface area contributed by atoms with Gasteiger partial charge in [-0.2, -0.15) is 0 Å². The average Bonchev–Trinajstić information content (AvgIpc) is 2.56. The number of carboxylic acids is 1. The van der Waals surface area contributed by atoms with Gasteiger partial charge in [0, 0.05) is 6.42 Å². The molecule has 0 spiro atoms. The topological polar surface area (TPSA) is 76.5 Å². The van der Waals surface area contributed by atoms with E-state index in [1.165, 1.54) is 0 Å². The van der Waals surface area contributed by atoms with Crippen molar-refractivity contribution in [2.45, 2.75) is 25.8 Å². The lowest BCUT2D eigenvalue weighted by atomic mass is 9.98. The zero-order valence-corrected chi connectivity index (χ0v) is 8.14. The third-order valence-electron chi connectivity index (χ3n) is 2.10. The van der Waals surface area contributed by atoms with Gasteiger partial charge < -0.3 is 15.3 Å². The number of carbonyl (C=O) groups is 1. The Hall–Kier alpha value is -1.29. The minimum atomic E-state index is -0.948. The lowest BCUT2D eigenvalue weighted by Crippen LogP contribution is -2.32. The largest absolute Gasteiger partial charge is 0.480 e. The number of rotatable bonds is 5. The van der Waals surface area contributed by atoms with Crippen molar-refractivity contribution >= 4 is 5.97 Å². The summed E-state index contributed by atoms with van der Waals surface area (Å²) in [7, 11) is 0. The molecule has 3 N–H and O–H groups in total.